The van der Waals surface area contributed by atoms with E-state index < -0.39 is 17.4 Å². The number of likely N-dealkylation sites (tertiary alicyclic amines) is 1. The number of carbonyl (C=O) groups excluding carboxylic acids is 2. The van der Waals surface area contributed by atoms with Crippen LogP contribution >= 0.6 is 0 Å². The first-order chi connectivity index (χ1) is 20.2. The molecule has 2 N–H and O–H groups in total. The number of carbonyl (C=O) groups is 4. The molecule has 11 nitrogen and oxygen atoms in total. The topological polar surface area (TPSA) is 146 Å². The van der Waals surface area contributed by atoms with Crippen molar-refractivity contribution < 1.29 is 29.4 Å². The fraction of sp³-hybridized carbons (Fsp3) is 0.226. The molecule has 6 rings (SSSR count). The summed E-state index contributed by atoms with van der Waals surface area (Å²) in [6.45, 7) is 1.33. The van der Waals surface area contributed by atoms with Crippen molar-refractivity contribution in [3.63, 3.8) is 0 Å². The Morgan fingerprint density at radius 1 is 0.881 bits per heavy atom. The zero-order chi connectivity index (χ0) is 29.6. The van der Waals surface area contributed by atoms with Gasteiger partial charge in [-0.05, 0) is 49.2 Å². The second kappa shape index (κ2) is 10.3. The molecule has 0 aliphatic carbocycles. The lowest BCUT2D eigenvalue weighted by Gasteiger charge is -2.45. The summed E-state index contributed by atoms with van der Waals surface area (Å²) in [6, 6.07) is 17.0. The van der Waals surface area contributed by atoms with E-state index in [0.717, 1.165) is 5.56 Å². The predicted octanol–water partition coefficient (Wildman–Crippen LogP) is 4.02. The van der Waals surface area contributed by atoms with Gasteiger partial charge in [0.1, 0.15) is 16.9 Å². The first-order valence-corrected chi connectivity index (χ1v) is 13.4. The van der Waals surface area contributed by atoms with Crippen molar-refractivity contribution in [2.45, 2.75) is 19.4 Å². The molecule has 0 atom stereocenters. The van der Waals surface area contributed by atoms with Gasteiger partial charge >= 0.3 is 11.9 Å². The molecule has 1 fully saturated rings. The molecule has 2 aromatic carbocycles. The minimum Gasteiger partial charge on any atom is -0.478 e. The number of rotatable bonds is 6. The number of aromatic nitrogens is 3. The smallest absolute Gasteiger partial charge is 0.354 e. The van der Waals surface area contributed by atoms with Crippen LogP contribution in [-0.4, -0.2) is 66.4 Å². The lowest BCUT2D eigenvalue weighted by molar-refractivity contribution is -0.127. The van der Waals surface area contributed by atoms with Crippen LogP contribution in [0.2, 0.25) is 0 Å². The number of fused-ring (bicyclic) bond motifs is 1. The summed E-state index contributed by atoms with van der Waals surface area (Å²) in [7, 11) is 1.66. The molecule has 4 heterocycles. The Balaban J connectivity index is 1.27. The first kappa shape index (κ1) is 27.0. The van der Waals surface area contributed by atoms with E-state index in [9.17, 15) is 24.3 Å². The van der Waals surface area contributed by atoms with Gasteiger partial charge in [0.05, 0.1) is 41.6 Å². The highest BCUT2D eigenvalue weighted by Gasteiger charge is 2.54. The van der Waals surface area contributed by atoms with E-state index in [1.54, 1.807) is 71.2 Å². The van der Waals surface area contributed by atoms with E-state index in [4.69, 9.17) is 5.11 Å². The molecule has 1 spiro atoms. The Hall–Kier alpha value is -5.16. The second-order valence-corrected chi connectivity index (χ2v) is 10.6. The van der Waals surface area contributed by atoms with Crippen molar-refractivity contribution in [2.75, 3.05) is 18.0 Å². The van der Waals surface area contributed by atoms with Crippen molar-refractivity contribution in [3.05, 3.63) is 95.7 Å². The highest BCUT2D eigenvalue weighted by atomic mass is 16.4. The number of hydrogen-bond donors (Lipinski definition) is 2. The van der Waals surface area contributed by atoms with E-state index >= 15 is 0 Å². The molecule has 4 aromatic rings. The molecule has 1 saturated heterocycles. The standard InChI is InChI=1S/C31H27N5O6/c1-34-25(29(40)41)17-33-26(34)18-35-14-12-31(13-15-35)27(37)22-4-2-3-5-24(22)36(30(31)42)21-10-11-23(32-16-21)19-6-8-20(9-7-19)28(38)39/h2-11,16-17H,12-15,18H2,1H3,(H,38,39)(H,40,41). The number of para-hydroxylation sites is 1. The normalized spacial score (nSPS) is 16.5. The van der Waals surface area contributed by atoms with Crippen LogP contribution in [0.4, 0.5) is 11.4 Å². The number of nitrogens with zero attached hydrogens (tertiary/aromatic N) is 5. The predicted molar refractivity (Wildman–Crippen MR) is 152 cm³/mol. The number of aromatic carboxylic acids is 2. The van der Waals surface area contributed by atoms with Gasteiger partial charge in [0.25, 0.3) is 0 Å². The van der Waals surface area contributed by atoms with E-state index in [2.05, 4.69) is 14.9 Å². The Morgan fingerprint density at radius 2 is 1.60 bits per heavy atom. The summed E-state index contributed by atoms with van der Waals surface area (Å²) in [6.07, 6.45) is 3.55. The maximum Gasteiger partial charge on any atom is 0.354 e. The summed E-state index contributed by atoms with van der Waals surface area (Å²) in [5, 5.41) is 18.5. The van der Waals surface area contributed by atoms with Crippen LogP contribution in [-0.2, 0) is 18.4 Å². The summed E-state index contributed by atoms with van der Waals surface area (Å²) < 4.78 is 1.54. The fourth-order valence-electron chi connectivity index (χ4n) is 5.80. The number of ketones is 1. The van der Waals surface area contributed by atoms with Gasteiger partial charge in [-0.2, -0.15) is 0 Å². The zero-order valence-corrected chi connectivity index (χ0v) is 22.7. The number of benzene rings is 2. The fourth-order valence-corrected chi connectivity index (χ4v) is 5.80. The molecule has 2 aliphatic heterocycles. The molecule has 42 heavy (non-hydrogen) atoms. The van der Waals surface area contributed by atoms with Crippen molar-refractivity contribution in [3.8, 4) is 11.3 Å². The Labute approximate surface area is 240 Å². The monoisotopic (exact) mass is 565 g/mol. The van der Waals surface area contributed by atoms with Gasteiger partial charge in [-0.25, -0.2) is 14.6 Å². The molecule has 1 amide bonds. The van der Waals surface area contributed by atoms with Crippen LogP contribution in [0.1, 0.15) is 49.9 Å². The van der Waals surface area contributed by atoms with E-state index in [1.165, 1.54) is 18.3 Å². The molecule has 0 unspecified atom stereocenters. The van der Waals surface area contributed by atoms with Crippen LogP contribution in [0.3, 0.4) is 0 Å². The number of hydrogen-bond acceptors (Lipinski definition) is 7. The van der Waals surface area contributed by atoms with E-state index in [0.29, 0.717) is 60.9 Å². The second-order valence-electron chi connectivity index (χ2n) is 10.6. The van der Waals surface area contributed by atoms with Gasteiger partial charge in [0.15, 0.2) is 5.78 Å². The number of anilines is 2. The maximum atomic E-state index is 14.3. The molecule has 11 heteroatoms. The summed E-state index contributed by atoms with van der Waals surface area (Å²) in [4.78, 5) is 63.2. The first-order valence-electron chi connectivity index (χ1n) is 13.4. The molecule has 0 bridgehead atoms. The average molecular weight is 566 g/mol. The van der Waals surface area contributed by atoms with Crippen molar-refractivity contribution in [1.82, 2.24) is 19.4 Å². The van der Waals surface area contributed by atoms with Gasteiger partial charge in [0, 0.05) is 31.3 Å². The third-order valence-corrected chi connectivity index (χ3v) is 8.25. The number of carboxylic acid groups (broad SMARTS) is 2. The van der Waals surface area contributed by atoms with Crippen LogP contribution in [0, 0.1) is 5.41 Å². The lowest BCUT2D eigenvalue weighted by Crippen LogP contribution is -2.56. The molecular formula is C31H27N5O6. The molecule has 2 aliphatic rings. The highest BCUT2D eigenvalue weighted by Crippen LogP contribution is 2.47. The van der Waals surface area contributed by atoms with Gasteiger partial charge < -0.3 is 14.8 Å². The SMILES string of the molecule is Cn1c(C(=O)O)cnc1CN1CCC2(CC1)C(=O)c1ccccc1N(c1ccc(-c3ccc(C(=O)O)cc3)nc1)C2=O. The number of imidazole rings is 1. The highest BCUT2D eigenvalue weighted by molar-refractivity contribution is 6.27. The Kier molecular flexibility index (Phi) is 6.66. The maximum absolute atomic E-state index is 14.3. The van der Waals surface area contributed by atoms with E-state index in [-0.39, 0.29) is 22.9 Å². The Morgan fingerprint density at radius 3 is 2.21 bits per heavy atom. The molecule has 2 aromatic heterocycles. The van der Waals surface area contributed by atoms with Crippen LogP contribution in [0.5, 0.6) is 0 Å². The third-order valence-electron chi connectivity index (χ3n) is 8.25. The number of carboxylic acids is 2. The number of pyridine rings is 1. The molecular weight excluding hydrogens is 538 g/mol. The number of Topliss-reactive ketones (excluding diaryl/α,β-unsaturated/α-hetero) is 1. The van der Waals surface area contributed by atoms with Crippen LogP contribution in [0.25, 0.3) is 11.3 Å². The van der Waals surface area contributed by atoms with Gasteiger partial charge in [-0.15, -0.1) is 0 Å². The van der Waals surface area contributed by atoms with Gasteiger partial charge in [-0.3, -0.25) is 24.4 Å². The largest absolute Gasteiger partial charge is 0.478 e. The molecule has 0 radical (unpaired) electrons. The Bertz CT molecular complexity index is 1720. The van der Waals surface area contributed by atoms with E-state index in [1.807, 2.05) is 0 Å². The minimum absolute atomic E-state index is 0.0975. The zero-order valence-electron chi connectivity index (χ0n) is 22.7. The van der Waals surface area contributed by atoms with Crippen LogP contribution in [0.15, 0.2) is 73.1 Å². The van der Waals surface area contributed by atoms with Crippen LogP contribution < -0.4 is 4.90 Å². The molecule has 212 valence electrons. The lowest BCUT2D eigenvalue weighted by atomic mass is 9.69. The van der Waals surface area contributed by atoms with Gasteiger partial charge in [-0.1, -0.05) is 24.3 Å². The van der Waals surface area contributed by atoms with Crippen molar-refractivity contribution in [1.29, 1.82) is 0 Å². The van der Waals surface area contributed by atoms with Gasteiger partial charge in [0.2, 0.25) is 5.91 Å². The average Bonchev–Trinajstić information content (AvgIpc) is 3.37. The minimum atomic E-state index is -1.23. The van der Waals surface area contributed by atoms with Crippen molar-refractivity contribution in [2.24, 2.45) is 12.5 Å². The third kappa shape index (κ3) is 4.44. The summed E-state index contributed by atoms with van der Waals surface area (Å²) in [5.41, 5.74) is 1.92. The number of amides is 1. The number of piperidine rings is 1. The molecule has 0 saturated carbocycles. The van der Waals surface area contributed by atoms with Crippen molar-refractivity contribution >= 4 is 35.0 Å². The quantitative estimate of drug-likeness (QED) is 0.331. The summed E-state index contributed by atoms with van der Waals surface area (Å²) in [5.74, 6) is -1.95. The summed E-state index contributed by atoms with van der Waals surface area (Å²) >= 11 is 0.